The van der Waals surface area contributed by atoms with E-state index in [-0.39, 0.29) is 5.91 Å². The van der Waals surface area contributed by atoms with Gasteiger partial charge in [0.25, 0.3) is 0 Å². The van der Waals surface area contributed by atoms with Crippen LogP contribution in [0.15, 0.2) is 18.3 Å². The van der Waals surface area contributed by atoms with E-state index in [2.05, 4.69) is 45.0 Å². The summed E-state index contributed by atoms with van der Waals surface area (Å²) in [6.45, 7) is 9.48. The number of nitrogens with one attached hydrogen (secondary N) is 1. The quantitative estimate of drug-likeness (QED) is 0.869. The summed E-state index contributed by atoms with van der Waals surface area (Å²) in [5.74, 6) is 1.83. The number of nitrogens with zero attached hydrogens (tertiary/aromatic N) is 4. The first-order valence-electron chi connectivity index (χ1n) is 9.48. The molecule has 0 spiro atoms. The van der Waals surface area contributed by atoms with Gasteiger partial charge in [-0.15, -0.1) is 0 Å². The van der Waals surface area contributed by atoms with Crippen molar-refractivity contribution in [2.45, 2.75) is 26.3 Å². The van der Waals surface area contributed by atoms with E-state index >= 15 is 0 Å². The third-order valence-corrected chi connectivity index (χ3v) is 5.25. The Bertz CT molecular complexity index is 571. The second kappa shape index (κ2) is 8.63. The van der Waals surface area contributed by atoms with Gasteiger partial charge in [0.05, 0.1) is 6.54 Å². The molecule has 3 rings (SSSR count). The largest absolute Gasteiger partial charge is 0.354 e. The normalized spacial score (nSPS) is 22.8. The maximum absolute atomic E-state index is 12.3. The predicted molar refractivity (Wildman–Crippen MR) is 101 cm³/mol. The summed E-state index contributed by atoms with van der Waals surface area (Å²) in [5, 5.41) is 3.09. The summed E-state index contributed by atoms with van der Waals surface area (Å²) < 4.78 is 0. The van der Waals surface area contributed by atoms with Crippen LogP contribution in [0.5, 0.6) is 0 Å². The number of piperidine rings is 1. The van der Waals surface area contributed by atoms with Crippen LogP contribution in [0.2, 0.25) is 0 Å². The molecule has 2 aliphatic heterocycles. The van der Waals surface area contributed by atoms with Crippen LogP contribution in [0.25, 0.3) is 0 Å². The van der Waals surface area contributed by atoms with Crippen molar-refractivity contribution in [2.24, 2.45) is 5.92 Å². The molecule has 1 aromatic heterocycles. The minimum atomic E-state index is 0.113. The number of pyridine rings is 1. The van der Waals surface area contributed by atoms with Gasteiger partial charge in [-0.05, 0) is 38.4 Å². The molecule has 25 heavy (non-hydrogen) atoms. The number of amides is 1. The molecule has 2 fully saturated rings. The lowest BCUT2D eigenvalue weighted by Gasteiger charge is -2.34. The van der Waals surface area contributed by atoms with Crippen molar-refractivity contribution in [3.63, 3.8) is 0 Å². The molecule has 1 amide bonds. The number of piperazine rings is 1. The Morgan fingerprint density at radius 1 is 1.28 bits per heavy atom. The number of likely N-dealkylation sites (N-methyl/N-ethyl adjacent to an activating group) is 1. The minimum absolute atomic E-state index is 0.113. The molecule has 0 saturated carbocycles. The predicted octanol–water partition coefficient (Wildman–Crippen LogP) is 1.18. The van der Waals surface area contributed by atoms with Crippen LogP contribution in [-0.4, -0.2) is 73.6 Å². The molecule has 0 unspecified atom stereocenters. The number of carbonyl (C=O) groups is 1. The lowest BCUT2D eigenvalue weighted by Crippen LogP contribution is -2.45. The third-order valence-electron chi connectivity index (χ3n) is 5.25. The molecule has 0 aliphatic carbocycles. The topological polar surface area (TPSA) is 51.7 Å². The fourth-order valence-electron chi connectivity index (χ4n) is 3.75. The van der Waals surface area contributed by atoms with E-state index in [0.717, 1.165) is 50.6 Å². The Hall–Kier alpha value is -1.66. The Labute approximate surface area is 151 Å². The Kier molecular flexibility index (Phi) is 6.26. The van der Waals surface area contributed by atoms with E-state index in [9.17, 15) is 4.79 Å². The highest BCUT2D eigenvalue weighted by atomic mass is 16.2. The molecule has 1 aromatic rings. The van der Waals surface area contributed by atoms with Crippen LogP contribution < -0.4 is 10.2 Å². The van der Waals surface area contributed by atoms with E-state index < -0.39 is 0 Å². The smallest absolute Gasteiger partial charge is 0.234 e. The molecule has 6 heteroatoms. The van der Waals surface area contributed by atoms with Crippen molar-refractivity contribution in [3.8, 4) is 0 Å². The van der Waals surface area contributed by atoms with Crippen LogP contribution in [0, 0.1) is 5.92 Å². The zero-order valence-electron chi connectivity index (χ0n) is 15.6. The van der Waals surface area contributed by atoms with Crippen molar-refractivity contribution in [1.82, 2.24) is 20.1 Å². The van der Waals surface area contributed by atoms with Crippen LogP contribution in [0.4, 0.5) is 5.82 Å². The highest BCUT2D eigenvalue weighted by Crippen LogP contribution is 2.19. The summed E-state index contributed by atoms with van der Waals surface area (Å²) in [6.07, 6.45) is 4.32. The van der Waals surface area contributed by atoms with Gasteiger partial charge in [-0.25, -0.2) is 4.98 Å². The Morgan fingerprint density at radius 2 is 2.08 bits per heavy atom. The van der Waals surface area contributed by atoms with Crippen LogP contribution in [0.1, 0.15) is 25.3 Å². The average molecular weight is 345 g/mol. The van der Waals surface area contributed by atoms with E-state index in [4.69, 9.17) is 0 Å². The number of carbonyl (C=O) groups excluding carboxylic acids is 1. The lowest BCUT2D eigenvalue weighted by molar-refractivity contribution is -0.122. The minimum Gasteiger partial charge on any atom is -0.354 e. The van der Waals surface area contributed by atoms with Crippen molar-refractivity contribution in [1.29, 1.82) is 0 Å². The van der Waals surface area contributed by atoms with E-state index in [1.807, 2.05) is 12.3 Å². The molecule has 1 atom stereocenters. The number of rotatable bonds is 5. The van der Waals surface area contributed by atoms with Crippen LogP contribution >= 0.6 is 0 Å². The zero-order chi connectivity index (χ0) is 17.6. The monoisotopic (exact) mass is 345 g/mol. The first-order valence-corrected chi connectivity index (χ1v) is 9.48. The molecule has 1 N–H and O–H groups in total. The Morgan fingerprint density at radius 3 is 2.84 bits per heavy atom. The van der Waals surface area contributed by atoms with Gasteiger partial charge in [0.2, 0.25) is 5.91 Å². The number of aromatic nitrogens is 1. The first kappa shape index (κ1) is 18.1. The number of hydrogen-bond acceptors (Lipinski definition) is 5. The molecular formula is C19H31N5O. The standard InChI is InChI=1S/C19H31N5O/c1-16-5-4-8-23(14-16)15-18(25)21-13-17-6-3-7-20-19(17)24-11-9-22(2)10-12-24/h3,6-7,16H,4-5,8-15H2,1-2H3,(H,21,25)/t16-/m0/s1. The molecular weight excluding hydrogens is 314 g/mol. The summed E-state index contributed by atoms with van der Waals surface area (Å²) in [4.78, 5) is 23.8. The molecule has 138 valence electrons. The van der Waals surface area contributed by atoms with Gasteiger partial charge in [0.1, 0.15) is 5.82 Å². The molecule has 0 bridgehead atoms. The van der Waals surface area contributed by atoms with Gasteiger partial charge in [-0.3, -0.25) is 9.69 Å². The fourth-order valence-corrected chi connectivity index (χ4v) is 3.75. The highest BCUT2D eigenvalue weighted by Gasteiger charge is 2.20. The lowest BCUT2D eigenvalue weighted by atomic mass is 10.0. The zero-order valence-corrected chi connectivity index (χ0v) is 15.6. The van der Waals surface area contributed by atoms with Crippen LogP contribution in [0.3, 0.4) is 0 Å². The van der Waals surface area contributed by atoms with E-state index in [0.29, 0.717) is 19.0 Å². The number of hydrogen-bond donors (Lipinski definition) is 1. The summed E-state index contributed by atoms with van der Waals surface area (Å²) >= 11 is 0. The first-order chi connectivity index (χ1) is 12.1. The third kappa shape index (κ3) is 5.16. The molecule has 2 aliphatic rings. The van der Waals surface area contributed by atoms with Gasteiger partial charge in [-0.1, -0.05) is 13.0 Å². The second-order valence-electron chi connectivity index (χ2n) is 7.54. The molecule has 6 nitrogen and oxygen atoms in total. The van der Waals surface area contributed by atoms with Crippen molar-refractivity contribution < 1.29 is 4.79 Å². The van der Waals surface area contributed by atoms with Crippen molar-refractivity contribution >= 4 is 11.7 Å². The van der Waals surface area contributed by atoms with Gasteiger partial charge in [0, 0.05) is 51.0 Å². The van der Waals surface area contributed by atoms with E-state index in [1.54, 1.807) is 0 Å². The fraction of sp³-hybridized carbons (Fsp3) is 0.684. The van der Waals surface area contributed by atoms with Crippen LogP contribution in [-0.2, 0) is 11.3 Å². The highest BCUT2D eigenvalue weighted by molar-refractivity contribution is 5.78. The van der Waals surface area contributed by atoms with Crippen molar-refractivity contribution in [2.75, 3.05) is 57.8 Å². The maximum Gasteiger partial charge on any atom is 0.234 e. The summed E-state index contributed by atoms with van der Waals surface area (Å²) in [7, 11) is 2.15. The van der Waals surface area contributed by atoms with Gasteiger partial charge in [-0.2, -0.15) is 0 Å². The summed E-state index contributed by atoms with van der Waals surface area (Å²) in [6, 6.07) is 4.03. The number of anilines is 1. The van der Waals surface area contributed by atoms with Crippen molar-refractivity contribution in [3.05, 3.63) is 23.9 Å². The average Bonchev–Trinajstić information content (AvgIpc) is 2.61. The second-order valence-corrected chi connectivity index (χ2v) is 7.54. The molecule has 0 radical (unpaired) electrons. The molecule has 2 saturated heterocycles. The maximum atomic E-state index is 12.3. The summed E-state index contributed by atoms with van der Waals surface area (Å²) in [5.41, 5.74) is 1.10. The SMILES string of the molecule is C[C@H]1CCCN(CC(=O)NCc2cccnc2N2CCN(C)CC2)C1. The van der Waals surface area contributed by atoms with Gasteiger partial charge < -0.3 is 15.1 Å². The van der Waals surface area contributed by atoms with Gasteiger partial charge >= 0.3 is 0 Å². The molecule has 3 heterocycles. The number of likely N-dealkylation sites (tertiary alicyclic amines) is 1. The molecule has 0 aromatic carbocycles. The van der Waals surface area contributed by atoms with Gasteiger partial charge in [0.15, 0.2) is 0 Å². The van der Waals surface area contributed by atoms with E-state index in [1.165, 1.54) is 12.8 Å². The Balaban J connectivity index is 1.53.